The molecule has 1 fully saturated rings. The van der Waals surface area contributed by atoms with Crippen LogP contribution in [0, 0.1) is 0 Å². The number of nitrogens with one attached hydrogen (secondary N) is 1. The maximum absolute atomic E-state index is 13.1. The molecule has 7 heteroatoms. The predicted octanol–water partition coefficient (Wildman–Crippen LogP) is 4.65. The summed E-state index contributed by atoms with van der Waals surface area (Å²) in [6, 6.07) is 13.9. The topological polar surface area (TPSA) is 24.5 Å². The summed E-state index contributed by atoms with van der Waals surface area (Å²) in [6.07, 6.45) is -4.47. The first-order valence-corrected chi connectivity index (χ1v) is 9.18. The van der Waals surface area contributed by atoms with E-state index in [1.165, 1.54) is 6.07 Å². The summed E-state index contributed by atoms with van der Waals surface area (Å²) < 4.78 is 44.8. The lowest BCUT2D eigenvalue weighted by atomic mass is 9.98. The third-order valence-corrected chi connectivity index (χ3v) is 5.43. The van der Waals surface area contributed by atoms with E-state index >= 15 is 0 Å². The van der Waals surface area contributed by atoms with Crippen LogP contribution in [-0.4, -0.2) is 31.2 Å². The molecule has 3 nitrogen and oxygen atoms in total. The lowest BCUT2D eigenvalue weighted by molar-refractivity contribution is -0.137. The number of hydrogen-bond acceptors (Lipinski definition) is 3. The molecule has 3 rings (SSSR count). The second-order valence-corrected chi connectivity index (χ2v) is 7.05. The second kappa shape index (κ2) is 8.19. The predicted molar refractivity (Wildman–Crippen MR) is 99.5 cm³/mol. The molecule has 0 aromatic heterocycles. The number of ether oxygens (including phenoxy) is 1. The summed E-state index contributed by atoms with van der Waals surface area (Å²) in [7, 11) is 0. The summed E-state index contributed by atoms with van der Waals surface area (Å²) in [5.41, 5.74) is 0.0935. The molecule has 1 atom stereocenters. The molecule has 0 saturated carbocycles. The summed E-state index contributed by atoms with van der Waals surface area (Å²) in [5.74, 6) is 0. The van der Waals surface area contributed by atoms with Crippen molar-refractivity contribution in [3.05, 3.63) is 70.2 Å². The number of nitrogens with zero attached hydrogens (tertiary/aromatic N) is 1. The van der Waals surface area contributed by atoms with Crippen LogP contribution >= 0.6 is 11.6 Å². The van der Waals surface area contributed by atoms with E-state index in [9.17, 15) is 13.2 Å². The van der Waals surface area contributed by atoms with Crippen LogP contribution in [0.5, 0.6) is 0 Å². The average molecular weight is 399 g/mol. The molecule has 2 aromatic carbocycles. The van der Waals surface area contributed by atoms with Crippen LogP contribution in [0.4, 0.5) is 13.2 Å². The Bertz CT molecular complexity index is 764. The van der Waals surface area contributed by atoms with Gasteiger partial charge in [0.05, 0.1) is 29.5 Å². The van der Waals surface area contributed by atoms with Crippen molar-refractivity contribution in [1.29, 1.82) is 0 Å². The van der Waals surface area contributed by atoms with Gasteiger partial charge in [0.2, 0.25) is 0 Å². The van der Waals surface area contributed by atoms with Crippen LogP contribution in [0.1, 0.15) is 23.6 Å². The number of alkyl halides is 3. The Balaban J connectivity index is 1.88. The minimum Gasteiger partial charge on any atom is -0.379 e. The van der Waals surface area contributed by atoms with Crippen LogP contribution in [-0.2, 0) is 23.1 Å². The van der Waals surface area contributed by atoms with Crippen LogP contribution in [0.25, 0.3) is 0 Å². The zero-order valence-electron chi connectivity index (χ0n) is 15.0. The largest absolute Gasteiger partial charge is 0.417 e. The van der Waals surface area contributed by atoms with E-state index < -0.39 is 17.4 Å². The van der Waals surface area contributed by atoms with Crippen molar-refractivity contribution in [2.24, 2.45) is 0 Å². The van der Waals surface area contributed by atoms with Crippen molar-refractivity contribution in [1.82, 2.24) is 10.2 Å². The normalized spacial score (nSPS) is 18.3. The number of morpholine rings is 1. The van der Waals surface area contributed by atoms with E-state index in [-0.39, 0.29) is 11.6 Å². The minimum absolute atomic E-state index is 0.214. The Morgan fingerprint density at radius 2 is 1.70 bits per heavy atom. The molecule has 1 unspecified atom stereocenters. The monoisotopic (exact) mass is 398 g/mol. The van der Waals surface area contributed by atoms with Crippen LogP contribution in [0.15, 0.2) is 48.5 Å². The van der Waals surface area contributed by atoms with E-state index in [0.717, 1.165) is 24.7 Å². The standard InChI is InChI=1S/C20H22ClF3N2O/c1-19(16-7-3-2-4-8-16,26-10-12-27-13-11-26)25-14-15-6-5-9-17(18(15)21)20(22,23)24/h2-9,25H,10-14H2,1H3. The van der Waals surface area contributed by atoms with Gasteiger partial charge in [-0.3, -0.25) is 10.2 Å². The van der Waals surface area contributed by atoms with Gasteiger partial charge in [-0.1, -0.05) is 54.1 Å². The highest BCUT2D eigenvalue weighted by Crippen LogP contribution is 2.36. The van der Waals surface area contributed by atoms with Crippen molar-refractivity contribution in [2.75, 3.05) is 26.3 Å². The third-order valence-electron chi connectivity index (χ3n) is 4.99. The maximum Gasteiger partial charge on any atom is 0.417 e. The first-order chi connectivity index (χ1) is 12.8. The van der Waals surface area contributed by atoms with Crippen LogP contribution in [0.3, 0.4) is 0 Å². The number of halogens is 4. The third kappa shape index (κ3) is 4.46. The van der Waals surface area contributed by atoms with Crippen molar-refractivity contribution in [3.8, 4) is 0 Å². The fraction of sp³-hybridized carbons (Fsp3) is 0.400. The second-order valence-electron chi connectivity index (χ2n) is 6.67. The smallest absolute Gasteiger partial charge is 0.379 e. The van der Waals surface area contributed by atoms with Crippen LogP contribution < -0.4 is 5.32 Å². The molecule has 0 radical (unpaired) electrons. The highest BCUT2D eigenvalue weighted by Gasteiger charge is 2.36. The summed E-state index contributed by atoms with van der Waals surface area (Å²) >= 11 is 6.06. The van der Waals surface area contributed by atoms with Gasteiger partial charge in [0, 0.05) is 19.6 Å². The van der Waals surface area contributed by atoms with Crippen LogP contribution in [0.2, 0.25) is 5.02 Å². The van der Waals surface area contributed by atoms with E-state index in [1.807, 2.05) is 37.3 Å². The van der Waals surface area contributed by atoms with Gasteiger partial charge >= 0.3 is 6.18 Å². The molecular weight excluding hydrogens is 377 g/mol. The maximum atomic E-state index is 13.1. The molecule has 1 heterocycles. The Hall–Kier alpha value is -1.60. The lowest BCUT2D eigenvalue weighted by Crippen LogP contribution is -2.57. The Kier molecular flexibility index (Phi) is 6.11. The highest BCUT2D eigenvalue weighted by molar-refractivity contribution is 6.32. The lowest BCUT2D eigenvalue weighted by Gasteiger charge is -2.44. The van der Waals surface area contributed by atoms with Gasteiger partial charge in [0.25, 0.3) is 0 Å². The van der Waals surface area contributed by atoms with Gasteiger partial charge < -0.3 is 4.74 Å². The number of rotatable bonds is 5. The molecule has 1 aliphatic rings. The summed E-state index contributed by atoms with van der Waals surface area (Å²) in [4.78, 5) is 2.24. The van der Waals surface area contributed by atoms with Gasteiger partial charge in [-0.25, -0.2) is 0 Å². The fourth-order valence-corrected chi connectivity index (χ4v) is 3.67. The first kappa shape index (κ1) is 20.1. The minimum atomic E-state index is -4.47. The zero-order valence-corrected chi connectivity index (χ0v) is 15.8. The SMILES string of the molecule is CC(NCc1cccc(C(F)(F)F)c1Cl)(c1ccccc1)N1CCOCC1. The fourth-order valence-electron chi connectivity index (χ4n) is 3.37. The van der Waals surface area contributed by atoms with Gasteiger partial charge in [-0.15, -0.1) is 0 Å². The number of benzene rings is 2. The van der Waals surface area contributed by atoms with Crippen molar-refractivity contribution in [2.45, 2.75) is 25.3 Å². The molecule has 0 bridgehead atoms. The van der Waals surface area contributed by atoms with Crippen molar-refractivity contribution < 1.29 is 17.9 Å². The molecule has 1 saturated heterocycles. The summed E-state index contributed by atoms with van der Waals surface area (Å²) in [6.45, 7) is 4.95. The highest BCUT2D eigenvalue weighted by atomic mass is 35.5. The van der Waals surface area contributed by atoms with E-state index in [4.69, 9.17) is 16.3 Å². The van der Waals surface area contributed by atoms with Crippen molar-refractivity contribution in [3.63, 3.8) is 0 Å². The molecule has 1 N–H and O–H groups in total. The quantitative estimate of drug-likeness (QED) is 0.793. The Morgan fingerprint density at radius 1 is 1.04 bits per heavy atom. The molecule has 0 spiro atoms. The first-order valence-electron chi connectivity index (χ1n) is 8.80. The molecule has 27 heavy (non-hydrogen) atoms. The Morgan fingerprint density at radius 3 is 2.33 bits per heavy atom. The summed E-state index contributed by atoms with van der Waals surface area (Å²) in [5, 5.41) is 3.18. The van der Waals surface area contributed by atoms with Gasteiger partial charge in [0.1, 0.15) is 0 Å². The zero-order chi connectivity index (χ0) is 19.5. The van der Waals surface area contributed by atoms with E-state index in [1.54, 1.807) is 6.07 Å². The number of hydrogen-bond donors (Lipinski definition) is 1. The molecule has 146 valence electrons. The molecular formula is C20H22ClF3N2O. The molecule has 1 aliphatic heterocycles. The molecule has 0 amide bonds. The van der Waals surface area contributed by atoms with E-state index in [2.05, 4.69) is 10.2 Å². The van der Waals surface area contributed by atoms with Crippen molar-refractivity contribution >= 4 is 11.6 Å². The van der Waals surface area contributed by atoms with Gasteiger partial charge in [-0.05, 0) is 24.1 Å². The van der Waals surface area contributed by atoms with Gasteiger partial charge in [0.15, 0.2) is 0 Å². The van der Waals surface area contributed by atoms with Gasteiger partial charge in [-0.2, -0.15) is 13.2 Å². The average Bonchev–Trinajstić information content (AvgIpc) is 2.67. The Labute approximate surface area is 162 Å². The molecule has 2 aromatic rings. The molecule has 0 aliphatic carbocycles. The van der Waals surface area contributed by atoms with E-state index in [0.29, 0.717) is 18.8 Å².